The molecule has 0 bridgehead atoms. The molecule has 6 heteroatoms. The lowest BCUT2D eigenvalue weighted by Gasteiger charge is -2.32. The summed E-state index contributed by atoms with van der Waals surface area (Å²) < 4.78 is 5.24. The molecule has 1 aromatic heterocycles. The van der Waals surface area contributed by atoms with E-state index in [4.69, 9.17) is 4.42 Å². The highest BCUT2D eigenvalue weighted by Crippen LogP contribution is 2.16. The molecule has 1 aliphatic heterocycles. The maximum absolute atomic E-state index is 12.4. The number of furan rings is 1. The van der Waals surface area contributed by atoms with E-state index in [1.807, 2.05) is 43.4 Å². The number of likely N-dealkylation sites (tertiary alicyclic amines) is 1. The van der Waals surface area contributed by atoms with E-state index < -0.39 is 0 Å². The van der Waals surface area contributed by atoms with Gasteiger partial charge in [0.1, 0.15) is 5.76 Å². The first-order valence-corrected chi connectivity index (χ1v) is 9.51. The quantitative estimate of drug-likeness (QED) is 0.629. The number of nitrogens with zero attached hydrogens (tertiary/aromatic N) is 2. The van der Waals surface area contributed by atoms with Gasteiger partial charge in [-0.3, -0.25) is 9.79 Å². The summed E-state index contributed by atoms with van der Waals surface area (Å²) >= 11 is 0. The van der Waals surface area contributed by atoms with E-state index in [-0.39, 0.29) is 5.91 Å². The Kier molecular flexibility index (Phi) is 6.52. The number of hydrogen-bond donors (Lipinski definition) is 2. The molecule has 1 aromatic carbocycles. The van der Waals surface area contributed by atoms with Crippen LogP contribution in [0.5, 0.6) is 0 Å². The summed E-state index contributed by atoms with van der Waals surface area (Å²) in [5, 5.41) is 6.30. The molecule has 1 fully saturated rings. The minimum Gasteiger partial charge on any atom is -0.467 e. The highest BCUT2D eigenvalue weighted by Gasteiger charge is 2.18. The first-order valence-electron chi connectivity index (χ1n) is 9.51. The molecule has 0 atom stereocenters. The van der Waals surface area contributed by atoms with Crippen LogP contribution in [0.2, 0.25) is 0 Å². The van der Waals surface area contributed by atoms with E-state index in [1.165, 1.54) is 12.8 Å². The monoisotopic (exact) mass is 368 g/mol. The van der Waals surface area contributed by atoms with E-state index >= 15 is 0 Å². The van der Waals surface area contributed by atoms with Gasteiger partial charge in [0.2, 0.25) is 0 Å². The Hall–Kier alpha value is -2.76. The van der Waals surface area contributed by atoms with Crippen molar-refractivity contribution in [2.45, 2.75) is 32.9 Å². The van der Waals surface area contributed by atoms with Crippen molar-refractivity contribution in [2.24, 2.45) is 10.9 Å². The summed E-state index contributed by atoms with van der Waals surface area (Å²) in [6, 6.07) is 11.3. The third-order valence-electron chi connectivity index (χ3n) is 4.94. The molecule has 2 heterocycles. The van der Waals surface area contributed by atoms with Gasteiger partial charge in [0.05, 0.1) is 12.8 Å². The fraction of sp³-hybridized carbons (Fsp3) is 0.429. The Labute approximate surface area is 160 Å². The standard InChI is InChI=1S/C21H28N4O2/c1-16-8-10-25(11-9-16)21(22-2)24-14-17-5-3-6-18(13-17)20(26)23-15-19-7-4-12-27-19/h3-7,12-13,16H,8-11,14-15H2,1-2H3,(H,22,24)(H,23,26). The number of amides is 1. The van der Waals surface area contributed by atoms with Gasteiger partial charge in [-0.25, -0.2) is 0 Å². The number of rotatable bonds is 5. The van der Waals surface area contributed by atoms with Gasteiger partial charge in [-0.2, -0.15) is 0 Å². The molecule has 0 aliphatic carbocycles. The molecule has 1 saturated heterocycles. The molecular formula is C21H28N4O2. The molecule has 144 valence electrons. The Balaban J connectivity index is 1.54. The average Bonchev–Trinajstić information content (AvgIpc) is 3.22. The lowest BCUT2D eigenvalue weighted by atomic mass is 9.99. The second-order valence-electron chi connectivity index (χ2n) is 7.03. The second-order valence-corrected chi connectivity index (χ2v) is 7.03. The summed E-state index contributed by atoms with van der Waals surface area (Å²) in [4.78, 5) is 19.1. The number of benzene rings is 1. The van der Waals surface area contributed by atoms with Crippen molar-refractivity contribution < 1.29 is 9.21 Å². The molecule has 0 radical (unpaired) electrons. The fourth-order valence-corrected chi connectivity index (χ4v) is 3.24. The summed E-state index contributed by atoms with van der Waals surface area (Å²) in [5.74, 6) is 2.34. The molecule has 1 aliphatic rings. The van der Waals surface area contributed by atoms with Crippen LogP contribution in [0.25, 0.3) is 0 Å². The number of aliphatic imine (C=N–C) groups is 1. The number of piperidine rings is 1. The summed E-state index contributed by atoms with van der Waals surface area (Å²) in [6.07, 6.45) is 4.00. The normalized spacial score (nSPS) is 15.6. The fourth-order valence-electron chi connectivity index (χ4n) is 3.24. The van der Waals surface area contributed by atoms with Gasteiger partial charge in [0, 0.05) is 32.2 Å². The van der Waals surface area contributed by atoms with Gasteiger partial charge in [-0.05, 0) is 48.6 Å². The zero-order chi connectivity index (χ0) is 19.1. The van der Waals surface area contributed by atoms with E-state index in [2.05, 4.69) is 27.4 Å². The molecule has 0 saturated carbocycles. The Morgan fingerprint density at radius 3 is 2.70 bits per heavy atom. The van der Waals surface area contributed by atoms with Crippen LogP contribution >= 0.6 is 0 Å². The molecule has 1 amide bonds. The van der Waals surface area contributed by atoms with E-state index in [9.17, 15) is 4.79 Å². The van der Waals surface area contributed by atoms with E-state index in [0.717, 1.165) is 36.3 Å². The number of carbonyl (C=O) groups excluding carboxylic acids is 1. The number of hydrogen-bond acceptors (Lipinski definition) is 3. The van der Waals surface area contributed by atoms with Crippen LogP contribution in [-0.2, 0) is 13.1 Å². The minimum absolute atomic E-state index is 0.109. The largest absolute Gasteiger partial charge is 0.467 e. The molecular weight excluding hydrogens is 340 g/mol. The van der Waals surface area contributed by atoms with Gasteiger partial charge in [0.15, 0.2) is 5.96 Å². The topological polar surface area (TPSA) is 69.9 Å². The van der Waals surface area contributed by atoms with Crippen molar-refractivity contribution in [3.63, 3.8) is 0 Å². The van der Waals surface area contributed by atoms with Gasteiger partial charge in [-0.1, -0.05) is 19.1 Å². The second kappa shape index (κ2) is 9.26. The van der Waals surface area contributed by atoms with Crippen LogP contribution in [0, 0.1) is 5.92 Å². The van der Waals surface area contributed by atoms with Gasteiger partial charge in [-0.15, -0.1) is 0 Å². The van der Waals surface area contributed by atoms with E-state index in [0.29, 0.717) is 18.7 Å². The Morgan fingerprint density at radius 1 is 1.19 bits per heavy atom. The summed E-state index contributed by atoms with van der Waals surface area (Å²) in [5.41, 5.74) is 1.69. The van der Waals surface area contributed by atoms with Gasteiger partial charge < -0.3 is 20.0 Å². The van der Waals surface area contributed by atoms with Gasteiger partial charge in [0.25, 0.3) is 5.91 Å². The first kappa shape index (κ1) is 19.0. The van der Waals surface area contributed by atoms with Crippen molar-refractivity contribution in [2.75, 3.05) is 20.1 Å². The predicted octanol–water partition coefficient (Wildman–Crippen LogP) is 3.02. The molecule has 27 heavy (non-hydrogen) atoms. The minimum atomic E-state index is -0.109. The maximum atomic E-state index is 12.4. The number of guanidine groups is 1. The average molecular weight is 368 g/mol. The van der Waals surface area contributed by atoms with Crippen LogP contribution in [0.1, 0.15) is 41.4 Å². The van der Waals surface area contributed by atoms with Crippen LogP contribution in [0.4, 0.5) is 0 Å². The zero-order valence-corrected chi connectivity index (χ0v) is 16.1. The van der Waals surface area contributed by atoms with Crippen molar-refractivity contribution in [1.29, 1.82) is 0 Å². The van der Waals surface area contributed by atoms with E-state index in [1.54, 1.807) is 6.26 Å². The van der Waals surface area contributed by atoms with Crippen molar-refractivity contribution in [3.8, 4) is 0 Å². The van der Waals surface area contributed by atoms with Crippen molar-refractivity contribution >= 4 is 11.9 Å². The molecule has 2 aromatic rings. The van der Waals surface area contributed by atoms with Crippen LogP contribution in [0.15, 0.2) is 52.1 Å². The van der Waals surface area contributed by atoms with Crippen LogP contribution < -0.4 is 10.6 Å². The highest BCUT2D eigenvalue weighted by atomic mass is 16.3. The molecule has 6 nitrogen and oxygen atoms in total. The third-order valence-corrected chi connectivity index (χ3v) is 4.94. The Bertz CT molecular complexity index is 762. The smallest absolute Gasteiger partial charge is 0.251 e. The van der Waals surface area contributed by atoms with Crippen molar-refractivity contribution in [3.05, 3.63) is 59.5 Å². The summed E-state index contributed by atoms with van der Waals surface area (Å²) in [6.45, 7) is 5.40. The zero-order valence-electron chi connectivity index (χ0n) is 16.1. The first-order chi connectivity index (χ1) is 13.2. The number of carbonyl (C=O) groups is 1. The molecule has 0 unspecified atom stereocenters. The lowest BCUT2D eigenvalue weighted by molar-refractivity contribution is 0.0948. The lowest BCUT2D eigenvalue weighted by Crippen LogP contribution is -2.45. The number of nitrogens with one attached hydrogen (secondary N) is 2. The van der Waals surface area contributed by atoms with Crippen molar-refractivity contribution in [1.82, 2.24) is 15.5 Å². The summed E-state index contributed by atoms with van der Waals surface area (Å²) in [7, 11) is 1.82. The third kappa shape index (κ3) is 5.36. The molecule has 2 N–H and O–H groups in total. The van der Waals surface area contributed by atoms with Crippen LogP contribution in [0.3, 0.4) is 0 Å². The van der Waals surface area contributed by atoms with Crippen LogP contribution in [-0.4, -0.2) is 36.9 Å². The Morgan fingerprint density at radius 2 is 2.00 bits per heavy atom. The molecule has 0 spiro atoms. The predicted molar refractivity (Wildman–Crippen MR) is 106 cm³/mol. The van der Waals surface area contributed by atoms with Gasteiger partial charge >= 0.3 is 0 Å². The molecule has 3 rings (SSSR count). The highest BCUT2D eigenvalue weighted by molar-refractivity contribution is 5.94. The SMILES string of the molecule is CN=C(NCc1cccc(C(=O)NCc2ccco2)c1)N1CCC(C)CC1. The maximum Gasteiger partial charge on any atom is 0.251 e.